The van der Waals surface area contributed by atoms with E-state index in [1.54, 1.807) is 6.20 Å². The molecule has 1 heterocycles. The smallest absolute Gasteiger partial charge is 0.287 e. The van der Waals surface area contributed by atoms with Crippen LogP contribution in [0.25, 0.3) is 0 Å². The Morgan fingerprint density at radius 3 is 2.94 bits per heavy atom. The Kier molecular flexibility index (Phi) is 6.44. The highest BCUT2D eigenvalue weighted by molar-refractivity contribution is 7.99. The van der Waals surface area contributed by atoms with Gasteiger partial charge in [0.2, 0.25) is 0 Å². The summed E-state index contributed by atoms with van der Waals surface area (Å²) in [5.41, 5.74) is 0.393. The van der Waals surface area contributed by atoms with Crippen LogP contribution in [0.1, 0.15) is 20.3 Å². The minimum atomic E-state index is -0.234. The van der Waals surface area contributed by atoms with Crippen LogP contribution in [0.3, 0.4) is 0 Å². The molecule has 17 heavy (non-hydrogen) atoms. The molecule has 1 aromatic rings. The van der Waals surface area contributed by atoms with Gasteiger partial charge in [-0.15, -0.1) is 0 Å². The van der Waals surface area contributed by atoms with E-state index in [1.165, 1.54) is 4.68 Å². The van der Waals surface area contributed by atoms with E-state index in [0.717, 1.165) is 24.5 Å². The Balaban J connectivity index is 2.55. The second-order valence-corrected chi connectivity index (χ2v) is 5.24. The van der Waals surface area contributed by atoms with E-state index < -0.39 is 0 Å². The minimum absolute atomic E-state index is 0.227. The minimum Gasteiger partial charge on any atom is -0.382 e. The van der Waals surface area contributed by atoms with Gasteiger partial charge in [-0.1, -0.05) is 18.5 Å². The van der Waals surface area contributed by atoms with Gasteiger partial charge in [-0.2, -0.15) is 16.9 Å². The largest absolute Gasteiger partial charge is 0.382 e. The number of rotatable bonds is 7. The molecule has 6 heteroatoms. The van der Waals surface area contributed by atoms with Crippen molar-refractivity contribution >= 4 is 29.1 Å². The van der Waals surface area contributed by atoms with Crippen molar-refractivity contribution in [1.29, 1.82) is 0 Å². The van der Waals surface area contributed by atoms with Gasteiger partial charge in [-0.3, -0.25) is 4.79 Å². The highest BCUT2D eigenvalue weighted by Crippen LogP contribution is 2.15. The number of thioether (sulfide) groups is 1. The zero-order chi connectivity index (χ0) is 12.7. The van der Waals surface area contributed by atoms with Crippen molar-refractivity contribution in [3.8, 4) is 0 Å². The number of halogens is 1. The molecule has 0 atom stereocenters. The summed E-state index contributed by atoms with van der Waals surface area (Å²) in [7, 11) is 0. The van der Waals surface area contributed by atoms with Gasteiger partial charge in [0.05, 0.1) is 11.9 Å². The number of hydrogen-bond donors (Lipinski definition) is 1. The van der Waals surface area contributed by atoms with Crippen LogP contribution in [0.5, 0.6) is 0 Å². The summed E-state index contributed by atoms with van der Waals surface area (Å²) in [6, 6.07) is 0. The Morgan fingerprint density at radius 2 is 2.29 bits per heavy atom. The maximum absolute atomic E-state index is 11.7. The normalized spacial score (nSPS) is 10.5. The first kappa shape index (κ1) is 14.4. The van der Waals surface area contributed by atoms with Crippen LogP contribution in [-0.4, -0.2) is 27.8 Å². The van der Waals surface area contributed by atoms with Crippen LogP contribution in [0, 0.1) is 0 Å². The Bertz CT molecular complexity index is 408. The number of nitrogens with zero attached hydrogens (tertiary/aromatic N) is 2. The summed E-state index contributed by atoms with van der Waals surface area (Å²) in [6.07, 6.45) is 2.66. The summed E-state index contributed by atoms with van der Waals surface area (Å²) >= 11 is 7.88. The molecule has 1 N–H and O–H groups in total. The number of aryl methyl sites for hydroxylation is 1. The molecule has 0 amide bonds. The van der Waals surface area contributed by atoms with Crippen molar-refractivity contribution in [2.75, 3.05) is 23.4 Å². The van der Waals surface area contributed by atoms with Crippen molar-refractivity contribution in [2.24, 2.45) is 0 Å². The van der Waals surface area contributed by atoms with E-state index in [4.69, 9.17) is 11.6 Å². The van der Waals surface area contributed by atoms with Crippen LogP contribution >= 0.6 is 23.4 Å². The van der Waals surface area contributed by atoms with E-state index in [0.29, 0.717) is 12.2 Å². The quantitative estimate of drug-likeness (QED) is 0.777. The molecule has 0 fully saturated rings. The molecule has 4 nitrogen and oxygen atoms in total. The van der Waals surface area contributed by atoms with Gasteiger partial charge in [-0.05, 0) is 24.9 Å². The standard InChI is InChI=1S/C11H18ClN3OS/c1-3-15-11(16)10(12)9(8-14-15)13-6-5-7-17-4-2/h8,13H,3-7H2,1-2H3. The van der Waals surface area contributed by atoms with Crippen molar-refractivity contribution in [1.82, 2.24) is 9.78 Å². The molecule has 1 rings (SSSR count). The highest BCUT2D eigenvalue weighted by Gasteiger charge is 2.07. The SMILES string of the molecule is CCSCCCNc1cnn(CC)c(=O)c1Cl. The van der Waals surface area contributed by atoms with Gasteiger partial charge < -0.3 is 5.32 Å². The zero-order valence-corrected chi connectivity index (χ0v) is 11.8. The molecule has 0 aromatic carbocycles. The molecular weight excluding hydrogens is 258 g/mol. The number of nitrogens with one attached hydrogen (secondary N) is 1. The molecule has 96 valence electrons. The maximum atomic E-state index is 11.7. The predicted molar refractivity (Wildman–Crippen MR) is 75.3 cm³/mol. The van der Waals surface area contributed by atoms with Gasteiger partial charge in [0, 0.05) is 13.1 Å². The fourth-order valence-corrected chi connectivity index (χ4v) is 2.21. The lowest BCUT2D eigenvalue weighted by molar-refractivity contribution is 0.616. The lowest BCUT2D eigenvalue weighted by atomic mass is 10.4. The summed E-state index contributed by atoms with van der Waals surface area (Å²) < 4.78 is 1.35. The Labute approximate surface area is 111 Å². The topological polar surface area (TPSA) is 46.9 Å². The lowest BCUT2D eigenvalue weighted by Crippen LogP contribution is -2.23. The molecule has 0 unspecified atom stereocenters. The van der Waals surface area contributed by atoms with Crippen LogP contribution in [0.2, 0.25) is 5.02 Å². The highest BCUT2D eigenvalue weighted by atomic mass is 35.5. The first-order valence-corrected chi connectivity index (χ1v) is 7.31. The maximum Gasteiger partial charge on any atom is 0.287 e. The third kappa shape index (κ3) is 4.24. The summed E-state index contributed by atoms with van der Waals surface area (Å²) in [6.45, 7) is 5.35. The molecule has 0 aliphatic rings. The monoisotopic (exact) mass is 275 g/mol. The molecule has 0 aliphatic heterocycles. The average Bonchev–Trinajstić information content (AvgIpc) is 2.34. The van der Waals surface area contributed by atoms with Crippen molar-refractivity contribution < 1.29 is 0 Å². The van der Waals surface area contributed by atoms with Crippen molar-refractivity contribution in [3.05, 3.63) is 21.6 Å². The third-order valence-electron chi connectivity index (χ3n) is 2.27. The second kappa shape index (κ2) is 7.61. The van der Waals surface area contributed by atoms with Crippen molar-refractivity contribution in [2.45, 2.75) is 26.8 Å². The summed E-state index contributed by atoms with van der Waals surface area (Å²) in [4.78, 5) is 11.7. The molecule has 0 spiro atoms. The molecule has 1 aromatic heterocycles. The van der Waals surface area contributed by atoms with Gasteiger partial charge in [-0.25, -0.2) is 4.68 Å². The van der Waals surface area contributed by atoms with Gasteiger partial charge >= 0.3 is 0 Å². The van der Waals surface area contributed by atoms with Gasteiger partial charge in [0.1, 0.15) is 5.02 Å². The van der Waals surface area contributed by atoms with Gasteiger partial charge in [0.25, 0.3) is 5.56 Å². The first-order chi connectivity index (χ1) is 8.20. The van der Waals surface area contributed by atoms with Crippen molar-refractivity contribution in [3.63, 3.8) is 0 Å². The number of aromatic nitrogens is 2. The fraction of sp³-hybridized carbons (Fsp3) is 0.636. The number of anilines is 1. The summed E-state index contributed by atoms with van der Waals surface area (Å²) in [5, 5.41) is 7.39. The zero-order valence-electron chi connectivity index (χ0n) is 10.2. The Hall–Kier alpha value is -0.680. The Morgan fingerprint density at radius 1 is 1.53 bits per heavy atom. The van der Waals surface area contributed by atoms with E-state index in [9.17, 15) is 4.79 Å². The van der Waals surface area contributed by atoms with Crippen LogP contribution in [-0.2, 0) is 6.54 Å². The van der Waals surface area contributed by atoms with Crippen LogP contribution in [0.4, 0.5) is 5.69 Å². The molecular formula is C11H18ClN3OS. The van der Waals surface area contributed by atoms with Gasteiger partial charge in [0.15, 0.2) is 0 Å². The van der Waals surface area contributed by atoms with E-state index in [1.807, 2.05) is 18.7 Å². The van der Waals surface area contributed by atoms with Crippen LogP contribution < -0.4 is 10.9 Å². The van der Waals surface area contributed by atoms with E-state index in [-0.39, 0.29) is 10.6 Å². The molecule has 0 radical (unpaired) electrons. The van der Waals surface area contributed by atoms with E-state index >= 15 is 0 Å². The molecule has 0 saturated carbocycles. The third-order valence-corrected chi connectivity index (χ3v) is 3.62. The fourth-order valence-electron chi connectivity index (χ4n) is 1.36. The molecule has 0 bridgehead atoms. The lowest BCUT2D eigenvalue weighted by Gasteiger charge is -2.08. The first-order valence-electron chi connectivity index (χ1n) is 5.77. The average molecular weight is 276 g/mol. The molecule has 0 aliphatic carbocycles. The summed E-state index contributed by atoms with van der Waals surface area (Å²) in [5.74, 6) is 2.25. The van der Waals surface area contributed by atoms with Crippen LogP contribution in [0.15, 0.2) is 11.0 Å². The predicted octanol–water partition coefficient (Wildman–Crippen LogP) is 2.47. The van der Waals surface area contributed by atoms with E-state index in [2.05, 4.69) is 17.3 Å². The second-order valence-electron chi connectivity index (χ2n) is 3.47. The molecule has 0 saturated heterocycles. The number of hydrogen-bond acceptors (Lipinski definition) is 4.